The predicted octanol–water partition coefficient (Wildman–Crippen LogP) is 4.34. The van der Waals surface area contributed by atoms with Gasteiger partial charge in [0.15, 0.2) is 0 Å². The van der Waals surface area contributed by atoms with E-state index in [-0.39, 0.29) is 6.04 Å². The van der Waals surface area contributed by atoms with Crippen LogP contribution in [0.2, 0.25) is 0 Å². The third-order valence-electron chi connectivity index (χ3n) is 5.99. The molecule has 1 aliphatic heterocycles. The van der Waals surface area contributed by atoms with E-state index in [0.29, 0.717) is 5.56 Å². The van der Waals surface area contributed by atoms with E-state index < -0.39 is 0 Å². The van der Waals surface area contributed by atoms with Crippen molar-refractivity contribution < 1.29 is 0 Å². The zero-order valence-electron chi connectivity index (χ0n) is 18.3. The minimum Gasteiger partial charge on any atom is -0.371 e. The Morgan fingerprint density at radius 2 is 1.68 bits per heavy atom. The van der Waals surface area contributed by atoms with E-state index in [1.165, 1.54) is 33.5 Å². The molecule has 4 rings (SSSR count). The van der Waals surface area contributed by atoms with Crippen molar-refractivity contribution in [1.29, 1.82) is 5.26 Å². The number of aryl methyl sites for hydroxylation is 4. The Morgan fingerprint density at radius 3 is 2.39 bits per heavy atom. The predicted molar refractivity (Wildman–Crippen MR) is 125 cm³/mol. The lowest BCUT2D eigenvalue weighted by atomic mass is 9.94. The van der Waals surface area contributed by atoms with Crippen molar-refractivity contribution >= 4 is 5.69 Å². The highest BCUT2D eigenvalue weighted by atomic mass is 15.1. The highest BCUT2D eigenvalue weighted by molar-refractivity contribution is 5.81. The van der Waals surface area contributed by atoms with Crippen LogP contribution in [0.25, 0.3) is 11.1 Å². The van der Waals surface area contributed by atoms with Crippen molar-refractivity contribution in [3.8, 4) is 17.2 Å². The van der Waals surface area contributed by atoms with Gasteiger partial charge >= 0.3 is 0 Å². The van der Waals surface area contributed by atoms with Gasteiger partial charge in [0, 0.05) is 49.5 Å². The van der Waals surface area contributed by atoms with Gasteiger partial charge in [-0.25, -0.2) is 0 Å². The summed E-state index contributed by atoms with van der Waals surface area (Å²) >= 11 is 0. The SMILES string of the molecule is Cc1cc(C)cc(-c2cncc(CCc3cncc(C#N)c3)c2N2CCC(N)CC2)c1. The monoisotopic (exact) mass is 411 g/mol. The van der Waals surface area contributed by atoms with Crippen LogP contribution in [-0.2, 0) is 12.8 Å². The molecule has 2 aromatic heterocycles. The quantitative estimate of drug-likeness (QED) is 0.675. The first-order valence-corrected chi connectivity index (χ1v) is 10.9. The smallest absolute Gasteiger partial charge is 0.101 e. The first kappa shape index (κ1) is 21.0. The van der Waals surface area contributed by atoms with Gasteiger partial charge in [0.2, 0.25) is 0 Å². The lowest BCUT2D eigenvalue weighted by Gasteiger charge is -2.35. The minimum absolute atomic E-state index is 0.283. The van der Waals surface area contributed by atoms with Crippen molar-refractivity contribution in [3.05, 3.63) is 76.9 Å². The minimum atomic E-state index is 0.283. The number of nitrogens with zero attached hydrogens (tertiary/aromatic N) is 4. The summed E-state index contributed by atoms with van der Waals surface area (Å²) in [5, 5.41) is 9.17. The molecule has 0 atom stereocenters. The van der Waals surface area contributed by atoms with Gasteiger partial charge in [-0.3, -0.25) is 9.97 Å². The molecule has 158 valence electrons. The molecule has 0 bridgehead atoms. The molecule has 0 unspecified atom stereocenters. The normalized spacial score (nSPS) is 14.5. The van der Waals surface area contributed by atoms with E-state index in [0.717, 1.165) is 44.3 Å². The topological polar surface area (TPSA) is 78.8 Å². The van der Waals surface area contributed by atoms with E-state index in [9.17, 15) is 5.26 Å². The fourth-order valence-electron chi connectivity index (χ4n) is 4.48. The maximum atomic E-state index is 9.17. The van der Waals surface area contributed by atoms with E-state index in [2.05, 4.69) is 53.0 Å². The van der Waals surface area contributed by atoms with E-state index >= 15 is 0 Å². The molecule has 0 saturated carbocycles. The second kappa shape index (κ2) is 9.28. The van der Waals surface area contributed by atoms with Gasteiger partial charge < -0.3 is 10.6 Å². The van der Waals surface area contributed by atoms with Crippen molar-refractivity contribution in [1.82, 2.24) is 9.97 Å². The first-order valence-electron chi connectivity index (χ1n) is 10.9. The summed E-state index contributed by atoms with van der Waals surface area (Å²) in [7, 11) is 0. The van der Waals surface area contributed by atoms with Crippen LogP contribution >= 0.6 is 0 Å². The van der Waals surface area contributed by atoms with Crippen LogP contribution < -0.4 is 10.6 Å². The van der Waals surface area contributed by atoms with Gasteiger partial charge in [0.1, 0.15) is 6.07 Å². The summed E-state index contributed by atoms with van der Waals surface area (Å²) in [6.07, 6.45) is 11.1. The Bertz CT molecular complexity index is 1090. The Labute approximate surface area is 184 Å². The number of anilines is 1. The van der Waals surface area contributed by atoms with E-state index in [1.807, 2.05) is 24.7 Å². The highest BCUT2D eigenvalue weighted by Gasteiger charge is 2.22. The van der Waals surface area contributed by atoms with Crippen LogP contribution in [-0.4, -0.2) is 29.1 Å². The molecule has 1 aliphatic rings. The average molecular weight is 412 g/mol. The zero-order chi connectivity index (χ0) is 21.8. The number of hydrogen-bond donors (Lipinski definition) is 1. The van der Waals surface area contributed by atoms with Gasteiger partial charge in [-0.05, 0) is 62.3 Å². The lowest BCUT2D eigenvalue weighted by Crippen LogP contribution is -2.40. The number of piperidine rings is 1. The second-order valence-electron chi connectivity index (χ2n) is 8.59. The molecule has 3 heterocycles. The molecule has 0 spiro atoms. The van der Waals surface area contributed by atoms with Gasteiger partial charge in [0.25, 0.3) is 0 Å². The van der Waals surface area contributed by atoms with Gasteiger partial charge in [-0.15, -0.1) is 0 Å². The largest absolute Gasteiger partial charge is 0.371 e. The molecule has 1 aromatic carbocycles. The number of pyridine rings is 2. The number of rotatable bonds is 5. The third-order valence-corrected chi connectivity index (χ3v) is 5.99. The van der Waals surface area contributed by atoms with Crippen molar-refractivity contribution in [2.75, 3.05) is 18.0 Å². The molecule has 1 saturated heterocycles. The molecule has 1 fully saturated rings. The second-order valence-corrected chi connectivity index (χ2v) is 8.59. The summed E-state index contributed by atoms with van der Waals surface area (Å²) in [5.41, 5.74) is 15.3. The Hall–Kier alpha value is -3.23. The number of aromatic nitrogens is 2. The molecule has 5 heteroatoms. The number of hydrogen-bond acceptors (Lipinski definition) is 5. The molecular weight excluding hydrogens is 382 g/mol. The summed E-state index contributed by atoms with van der Waals surface area (Å²) < 4.78 is 0. The van der Waals surface area contributed by atoms with Crippen molar-refractivity contribution in [2.24, 2.45) is 5.73 Å². The van der Waals surface area contributed by atoms with Gasteiger partial charge in [0.05, 0.1) is 11.3 Å². The standard InChI is InChI=1S/C26H29N5/c1-18-9-19(2)11-23(10-18)25-17-30-16-22(26(25)31-7-5-24(28)6-8-31)4-3-20-12-21(13-27)15-29-14-20/h9-12,14-17,24H,3-8,28H2,1-2H3. The van der Waals surface area contributed by atoms with Crippen molar-refractivity contribution in [3.63, 3.8) is 0 Å². The van der Waals surface area contributed by atoms with E-state index in [1.54, 1.807) is 6.20 Å². The average Bonchev–Trinajstić information content (AvgIpc) is 2.77. The summed E-state index contributed by atoms with van der Waals surface area (Å²) in [6.45, 7) is 6.20. The van der Waals surface area contributed by atoms with Crippen molar-refractivity contribution in [2.45, 2.75) is 45.6 Å². The first-order chi connectivity index (χ1) is 15.0. The molecule has 31 heavy (non-hydrogen) atoms. The van der Waals surface area contributed by atoms with Gasteiger partial charge in [-0.2, -0.15) is 5.26 Å². The molecule has 0 radical (unpaired) electrons. The molecule has 3 aromatic rings. The molecule has 2 N–H and O–H groups in total. The van der Waals surface area contributed by atoms with Crippen LogP contribution in [0.5, 0.6) is 0 Å². The van der Waals surface area contributed by atoms with Crippen LogP contribution in [0.15, 0.2) is 49.1 Å². The summed E-state index contributed by atoms with van der Waals surface area (Å²) in [6, 6.07) is 11.1. The van der Waals surface area contributed by atoms with E-state index in [4.69, 9.17) is 5.73 Å². The zero-order valence-corrected chi connectivity index (χ0v) is 18.3. The molecule has 0 aliphatic carbocycles. The molecule has 0 amide bonds. The fourth-order valence-corrected chi connectivity index (χ4v) is 4.48. The number of benzene rings is 1. The lowest BCUT2D eigenvalue weighted by molar-refractivity contribution is 0.500. The van der Waals surface area contributed by atoms with Crippen LogP contribution in [0.1, 0.15) is 40.7 Å². The maximum Gasteiger partial charge on any atom is 0.101 e. The summed E-state index contributed by atoms with van der Waals surface area (Å²) in [5.74, 6) is 0. The molecular formula is C26H29N5. The highest BCUT2D eigenvalue weighted by Crippen LogP contribution is 2.36. The third kappa shape index (κ3) is 4.92. The number of nitrogens with two attached hydrogens (primary N) is 1. The van der Waals surface area contributed by atoms with Crippen LogP contribution in [0, 0.1) is 25.2 Å². The maximum absolute atomic E-state index is 9.17. The van der Waals surface area contributed by atoms with Crippen LogP contribution in [0.3, 0.4) is 0 Å². The Morgan fingerprint density at radius 1 is 0.968 bits per heavy atom. The fraction of sp³-hybridized carbons (Fsp3) is 0.346. The van der Waals surface area contributed by atoms with Crippen LogP contribution in [0.4, 0.5) is 5.69 Å². The number of nitriles is 1. The Kier molecular flexibility index (Phi) is 6.29. The summed E-state index contributed by atoms with van der Waals surface area (Å²) in [4.78, 5) is 11.3. The molecule has 5 nitrogen and oxygen atoms in total. The van der Waals surface area contributed by atoms with Gasteiger partial charge in [-0.1, -0.05) is 29.3 Å². The Balaban J connectivity index is 1.72.